The number of carbonyl (C=O) groups is 1. The number of aliphatic carboxylic acids is 1. The van der Waals surface area contributed by atoms with Gasteiger partial charge in [0.2, 0.25) is 0 Å². The lowest BCUT2D eigenvalue weighted by Crippen LogP contribution is -2.44. The van der Waals surface area contributed by atoms with Crippen LogP contribution in [0.1, 0.15) is 25.7 Å². The molecule has 1 aliphatic carbocycles. The van der Waals surface area contributed by atoms with E-state index in [-0.39, 0.29) is 6.61 Å². The highest BCUT2D eigenvalue weighted by Gasteiger charge is 2.26. The van der Waals surface area contributed by atoms with Crippen molar-refractivity contribution in [2.45, 2.75) is 37.8 Å². The fourth-order valence-corrected chi connectivity index (χ4v) is 2.26. The summed E-state index contributed by atoms with van der Waals surface area (Å²) in [5, 5.41) is 12.1. The first-order valence-electron chi connectivity index (χ1n) is 6.52. The third-order valence-corrected chi connectivity index (χ3v) is 3.41. The average Bonchev–Trinajstić information content (AvgIpc) is 3.10. The standard InChI is InChI=1S/C12H22N2O3/c15-12(16)9-17-8-7-14-5-3-11(4-6-14)13-10-1-2-10/h10-11,13H,1-9H2,(H,15,16). The molecule has 0 spiro atoms. The fourth-order valence-electron chi connectivity index (χ4n) is 2.26. The van der Waals surface area contributed by atoms with Crippen LogP contribution in [0.5, 0.6) is 0 Å². The van der Waals surface area contributed by atoms with E-state index in [4.69, 9.17) is 9.84 Å². The number of hydrogen-bond acceptors (Lipinski definition) is 4. The van der Waals surface area contributed by atoms with E-state index < -0.39 is 5.97 Å². The molecule has 0 aromatic rings. The molecule has 5 nitrogen and oxygen atoms in total. The molecule has 1 saturated heterocycles. The average molecular weight is 242 g/mol. The van der Waals surface area contributed by atoms with Crippen molar-refractivity contribution in [3.63, 3.8) is 0 Å². The predicted molar refractivity (Wildman–Crippen MR) is 64.1 cm³/mol. The van der Waals surface area contributed by atoms with E-state index in [0.717, 1.165) is 25.7 Å². The van der Waals surface area contributed by atoms with Gasteiger partial charge in [0.25, 0.3) is 0 Å². The SMILES string of the molecule is O=C(O)COCCN1CCC(NC2CC2)CC1. The van der Waals surface area contributed by atoms with E-state index in [0.29, 0.717) is 12.6 Å². The number of likely N-dealkylation sites (tertiary alicyclic amines) is 1. The molecule has 0 aromatic carbocycles. The summed E-state index contributed by atoms with van der Waals surface area (Å²) >= 11 is 0. The van der Waals surface area contributed by atoms with Crippen molar-refractivity contribution in [1.82, 2.24) is 10.2 Å². The van der Waals surface area contributed by atoms with Crippen LogP contribution in [0.25, 0.3) is 0 Å². The van der Waals surface area contributed by atoms with E-state index in [1.165, 1.54) is 25.7 Å². The molecule has 0 aromatic heterocycles. The second-order valence-corrected chi connectivity index (χ2v) is 5.00. The third kappa shape index (κ3) is 5.02. The maximum atomic E-state index is 10.3. The molecular formula is C12H22N2O3. The van der Waals surface area contributed by atoms with Gasteiger partial charge in [-0.1, -0.05) is 0 Å². The van der Waals surface area contributed by atoms with Crippen molar-refractivity contribution in [2.24, 2.45) is 0 Å². The largest absolute Gasteiger partial charge is 0.480 e. The van der Waals surface area contributed by atoms with Crippen LogP contribution in [-0.2, 0) is 9.53 Å². The minimum absolute atomic E-state index is 0.181. The lowest BCUT2D eigenvalue weighted by atomic mass is 10.1. The zero-order valence-electron chi connectivity index (χ0n) is 10.2. The van der Waals surface area contributed by atoms with Gasteiger partial charge in [-0.05, 0) is 38.8 Å². The first-order chi connectivity index (χ1) is 8.24. The van der Waals surface area contributed by atoms with Crippen LogP contribution in [0.3, 0.4) is 0 Å². The molecule has 2 fully saturated rings. The number of nitrogens with zero attached hydrogens (tertiary/aromatic N) is 1. The van der Waals surface area contributed by atoms with Crippen LogP contribution in [0.4, 0.5) is 0 Å². The van der Waals surface area contributed by atoms with Crippen LogP contribution in [0.2, 0.25) is 0 Å². The molecule has 1 heterocycles. The summed E-state index contributed by atoms with van der Waals surface area (Å²) in [5.41, 5.74) is 0. The molecule has 17 heavy (non-hydrogen) atoms. The number of ether oxygens (including phenoxy) is 1. The third-order valence-electron chi connectivity index (χ3n) is 3.41. The molecule has 0 amide bonds. The van der Waals surface area contributed by atoms with Crippen LogP contribution < -0.4 is 5.32 Å². The van der Waals surface area contributed by atoms with Crippen molar-refractivity contribution < 1.29 is 14.6 Å². The normalized spacial score (nSPS) is 22.8. The quantitative estimate of drug-likeness (QED) is 0.629. The van der Waals surface area contributed by atoms with Gasteiger partial charge in [-0.3, -0.25) is 0 Å². The Morgan fingerprint density at radius 3 is 2.47 bits per heavy atom. The highest BCUT2D eigenvalue weighted by molar-refractivity contribution is 5.67. The lowest BCUT2D eigenvalue weighted by Gasteiger charge is -2.32. The summed E-state index contributed by atoms with van der Waals surface area (Å²) in [6.07, 6.45) is 5.11. The monoisotopic (exact) mass is 242 g/mol. The maximum Gasteiger partial charge on any atom is 0.329 e. The maximum absolute atomic E-state index is 10.3. The molecule has 0 bridgehead atoms. The van der Waals surface area contributed by atoms with E-state index in [9.17, 15) is 4.79 Å². The van der Waals surface area contributed by atoms with E-state index in [1.807, 2.05) is 0 Å². The van der Waals surface area contributed by atoms with Crippen molar-refractivity contribution in [1.29, 1.82) is 0 Å². The Morgan fingerprint density at radius 2 is 1.88 bits per heavy atom. The Hall–Kier alpha value is -0.650. The molecular weight excluding hydrogens is 220 g/mol. The number of hydrogen-bond donors (Lipinski definition) is 2. The predicted octanol–water partition coefficient (Wildman–Crippen LogP) is 0.304. The molecule has 0 atom stereocenters. The van der Waals surface area contributed by atoms with Crippen molar-refractivity contribution >= 4 is 5.97 Å². The Kier molecular flexibility index (Phi) is 4.76. The summed E-state index contributed by atoms with van der Waals surface area (Å²) in [6, 6.07) is 1.49. The van der Waals surface area contributed by atoms with Gasteiger partial charge < -0.3 is 20.1 Å². The molecule has 1 saturated carbocycles. The highest BCUT2D eigenvalue weighted by atomic mass is 16.5. The first kappa shape index (κ1) is 12.8. The van der Waals surface area contributed by atoms with Gasteiger partial charge in [0.05, 0.1) is 6.61 Å². The van der Waals surface area contributed by atoms with Crippen LogP contribution in [-0.4, -0.2) is 60.9 Å². The zero-order chi connectivity index (χ0) is 12.1. The minimum Gasteiger partial charge on any atom is -0.480 e. The molecule has 1 aliphatic heterocycles. The van der Waals surface area contributed by atoms with Crippen molar-refractivity contribution in [3.05, 3.63) is 0 Å². The highest BCUT2D eigenvalue weighted by Crippen LogP contribution is 2.22. The molecule has 2 aliphatic rings. The summed E-state index contributed by atoms with van der Waals surface area (Å²) < 4.78 is 5.04. The van der Waals surface area contributed by atoms with Gasteiger partial charge in [-0.2, -0.15) is 0 Å². The van der Waals surface area contributed by atoms with Crippen molar-refractivity contribution in [2.75, 3.05) is 32.8 Å². The van der Waals surface area contributed by atoms with Crippen LogP contribution in [0.15, 0.2) is 0 Å². The smallest absolute Gasteiger partial charge is 0.329 e. The molecule has 0 unspecified atom stereocenters. The molecule has 98 valence electrons. The number of nitrogens with one attached hydrogen (secondary N) is 1. The summed E-state index contributed by atoms with van der Waals surface area (Å²) in [4.78, 5) is 12.6. The van der Waals surface area contributed by atoms with Gasteiger partial charge in [0.1, 0.15) is 6.61 Å². The van der Waals surface area contributed by atoms with Gasteiger partial charge in [0, 0.05) is 18.6 Å². The summed E-state index contributed by atoms with van der Waals surface area (Å²) in [6.45, 7) is 3.39. The van der Waals surface area contributed by atoms with Crippen molar-refractivity contribution in [3.8, 4) is 0 Å². The molecule has 2 rings (SSSR count). The number of rotatable bonds is 7. The Morgan fingerprint density at radius 1 is 1.24 bits per heavy atom. The molecule has 0 radical (unpaired) electrons. The number of piperidine rings is 1. The second kappa shape index (κ2) is 6.33. The van der Waals surface area contributed by atoms with E-state index >= 15 is 0 Å². The van der Waals surface area contributed by atoms with Gasteiger partial charge in [0.15, 0.2) is 0 Å². The Labute approximate surface area is 102 Å². The lowest BCUT2D eigenvalue weighted by molar-refractivity contribution is -0.142. The Bertz CT molecular complexity index is 248. The first-order valence-corrected chi connectivity index (χ1v) is 6.52. The van der Waals surface area contributed by atoms with Crippen LogP contribution >= 0.6 is 0 Å². The van der Waals surface area contributed by atoms with Crippen LogP contribution in [0, 0.1) is 0 Å². The van der Waals surface area contributed by atoms with E-state index in [2.05, 4.69) is 10.2 Å². The fraction of sp³-hybridized carbons (Fsp3) is 0.917. The zero-order valence-corrected chi connectivity index (χ0v) is 10.2. The Balaban J connectivity index is 1.50. The van der Waals surface area contributed by atoms with Gasteiger partial charge in [-0.25, -0.2) is 4.79 Å². The summed E-state index contributed by atoms with van der Waals surface area (Å²) in [7, 11) is 0. The minimum atomic E-state index is -0.891. The number of carboxylic acids is 1. The second-order valence-electron chi connectivity index (χ2n) is 5.00. The molecule has 5 heteroatoms. The number of carboxylic acid groups (broad SMARTS) is 1. The summed E-state index contributed by atoms with van der Waals surface area (Å²) in [5.74, 6) is -0.891. The van der Waals surface area contributed by atoms with E-state index in [1.54, 1.807) is 0 Å². The van der Waals surface area contributed by atoms with Gasteiger partial charge in [-0.15, -0.1) is 0 Å². The van der Waals surface area contributed by atoms with Gasteiger partial charge >= 0.3 is 5.97 Å². The topological polar surface area (TPSA) is 61.8 Å². The molecule has 2 N–H and O–H groups in total.